The molecule has 0 aliphatic rings. The molecular weight excluding hydrogens is 396 g/mol. The molecule has 0 spiro atoms. The van der Waals surface area contributed by atoms with Crippen molar-refractivity contribution >= 4 is 6.29 Å². The van der Waals surface area contributed by atoms with Crippen molar-refractivity contribution in [3.05, 3.63) is 71.8 Å². The molecule has 0 bridgehead atoms. The molecule has 0 unspecified atom stereocenters. The monoisotopic (exact) mass is 440 g/mol. The molecule has 0 saturated heterocycles. The van der Waals surface area contributed by atoms with E-state index in [1.54, 1.807) is 0 Å². The van der Waals surface area contributed by atoms with Crippen molar-refractivity contribution in [3.8, 4) is 0 Å². The molecule has 0 heterocycles. The lowest BCUT2D eigenvalue weighted by Crippen LogP contribution is -2.39. The summed E-state index contributed by atoms with van der Waals surface area (Å²) >= 11 is 0. The lowest BCUT2D eigenvalue weighted by atomic mass is 9.98. The van der Waals surface area contributed by atoms with Gasteiger partial charge in [0.1, 0.15) is 6.29 Å². The van der Waals surface area contributed by atoms with Crippen molar-refractivity contribution in [3.63, 3.8) is 0 Å². The first-order valence-corrected chi connectivity index (χ1v) is 11.9. The van der Waals surface area contributed by atoms with Crippen LogP contribution in [0.1, 0.15) is 51.7 Å². The minimum atomic E-state index is 0.0187. The first-order chi connectivity index (χ1) is 15.4. The number of rotatable bonds is 12. The Labute approximate surface area is 196 Å². The molecule has 0 radical (unpaired) electrons. The van der Waals surface area contributed by atoms with Crippen LogP contribution in [-0.2, 0) is 17.9 Å². The number of hydrogen-bond donors (Lipinski definition) is 1. The molecule has 4 atom stereocenters. The van der Waals surface area contributed by atoms with Crippen LogP contribution >= 0.6 is 0 Å². The van der Waals surface area contributed by atoms with Gasteiger partial charge in [0.05, 0.1) is 12.6 Å². The van der Waals surface area contributed by atoms with Crippen LogP contribution in [0.3, 0.4) is 0 Å². The van der Waals surface area contributed by atoms with Crippen molar-refractivity contribution in [1.82, 2.24) is 9.80 Å². The Balaban J connectivity index is 0.000000320. The maximum atomic E-state index is 11.1. The van der Waals surface area contributed by atoms with E-state index in [0.717, 1.165) is 32.2 Å². The summed E-state index contributed by atoms with van der Waals surface area (Å²) in [6.45, 7) is 10.6. The largest absolute Gasteiger partial charge is 0.395 e. The number of aliphatic hydroxyl groups excluding tert-OH is 1. The molecule has 0 aliphatic heterocycles. The van der Waals surface area contributed by atoms with E-state index in [1.807, 2.05) is 31.3 Å². The highest BCUT2D eigenvalue weighted by Crippen LogP contribution is 2.16. The smallest absolute Gasteiger partial charge is 0.137 e. The second-order valence-corrected chi connectivity index (χ2v) is 8.95. The topological polar surface area (TPSA) is 43.8 Å². The van der Waals surface area contributed by atoms with Gasteiger partial charge in [0.2, 0.25) is 0 Å². The zero-order chi connectivity index (χ0) is 23.9. The summed E-state index contributed by atoms with van der Waals surface area (Å²) in [5, 5.41) is 9.43. The van der Waals surface area contributed by atoms with Crippen LogP contribution in [0, 0.1) is 11.8 Å². The van der Waals surface area contributed by atoms with Crippen LogP contribution in [-0.4, -0.2) is 54.0 Å². The average molecular weight is 441 g/mol. The van der Waals surface area contributed by atoms with E-state index in [4.69, 9.17) is 0 Å². The van der Waals surface area contributed by atoms with Gasteiger partial charge in [-0.25, -0.2) is 0 Å². The summed E-state index contributed by atoms with van der Waals surface area (Å²) in [4.78, 5) is 15.5. The Morgan fingerprint density at radius 3 is 1.59 bits per heavy atom. The normalized spacial score (nSPS) is 14.9. The predicted octanol–water partition coefficient (Wildman–Crippen LogP) is 5.26. The number of carbonyl (C=O) groups excluding carboxylic acids is 1. The SMILES string of the molecule is CC[C@H](C)[C@@H](C=O)N(C)Cc1ccccc1.CC[C@H](C)[C@@H](CO)N(C)Cc1ccccc1. The minimum Gasteiger partial charge on any atom is -0.395 e. The molecule has 4 heteroatoms. The molecule has 0 aliphatic carbocycles. The third kappa shape index (κ3) is 9.64. The van der Waals surface area contributed by atoms with Gasteiger partial charge in [0, 0.05) is 19.1 Å². The van der Waals surface area contributed by atoms with Gasteiger partial charge >= 0.3 is 0 Å². The van der Waals surface area contributed by atoms with Gasteiger partial charge in [-0.1, -0.05) is 101 Å². The van der Waals surface area contributed by atoms with Crippen LogP contribution in [0.4, 0.5) is 0 Å². The Morgan fingerprint density at radius 2 is 1.22 bits per heavy atom. The van der Waals surface area contributed by atoms with E-state index in [2.05, 4.69) is 80.9 Å². The fourth-order valence-electron chi connectivity index (χ4n) is 3.91. The van der Waals surface area contributed by atoms with E-state index >= 15 is 0 Å². The van der Waals surface area contributed by atoms with Crippen molar-refractivity contribution in [1.29, 1.82) is 0 Å². The van der Waals surface area contributed by atoms with Gasteiger partial charge in [0.15, 0.2) is 0 Å². The molecule has 2 rings (SSSR count). The van der Waals surface area contributed by atoms with Gasteiger partial charge in [-0.3, -0.25) is 9.80 Å². The summed E-state index contributed by atoms with van der Waals surface area (Å²) in [7, 11) is 4.10. The summed E-state index contributed by atoms with van der Waals surface area (Å²) in [6, 6.07) is 20.9. The van der Waals surface area contributed by atoms with E-state index in [9.17, 15) is 9.90 Å². The van der Waals surface area contributed by atoms with E-state index < -0.39 is 0 Å². The van der Waals surface area contributed by atoms with Gasteiger partial charge < -0.3 is 9.90 Å². The Bertz CT molecular complexity index is 723. The summed E-state index contributed by atoms with van der Waals surface area (Å²) < 4.78 is 0. The average Bonchev–Trinajstić information content (AvgIpc) is 2.81. The maximum absolute atomic E-state index is 11.1. The highest BCUT2D eigenvalue weighted by Gasteiger charge is 2.20. The van der Waals surface area contributed by atoms with E-state index in [1.165, 1.54) is 11.1 Å². The lowest BCUT2D eigenvalue weighted by molar-refractivity contribution is -0.113. The molecule has 0 amide bonds. The number of nitrogens with zero attached hydrogens (tertiary/aromatic N) is 2. The molecule has 2 aromatic rings. The zero-order valence-corrected chi connectivity index (χ0v) is 20.9. The Kier molecular flexibility index (Phi) is 13.8. The fourth-order valence-corrected chi connectivity index (χ4v) is 3.91. The van der Waals surface area contributed by atoms with Crippen molar-refractivity contribution in [2.45, 2.75) is 65.7 Å². The van der Waals surface area contributed by atoms with Crippen LogP contribution in [0.15, 0.2) is 60.7 Å². The third-order valence-corrected chi connectivity index (χ3v) is 6.48. The summed E-state index contributed by atoms with van der Waals surface area (Å²) in [6.07, 6.45) is 3.20. The van der Waals surface area contributed by atoms with E-state index in [0.29, 0.717) is 11.8 Å². The number of likely N-dealkylation sites (N-methyl/N-ethyl adjacent to an activating group) is 2. The highest BCUT2D eigenvalue weighted by atomic mass is 16.3. The molecule has 0 aromatic heterocycles. The molecule has 32 heavy (non-hydrogen) atoms. The fraction of sp³-hybridized carbons (Fsp3) is 0.536. The standard InChI is InChI=1S/C14H23NO.C14H21NO/c2*1-4-12(2)14(11-16)15(3)10-13-8-6-5-7-9-13/h5-9,12,14,16H,4,10-11H2,1-3H3;5-9,11-12,14H,4,10H2,1-3H3/t2*12-,14+/m00/s1. The van der Waals surface area contributed by atoms with Crippen LogP contribution in [0.5, 0.6) is 0 Å². The quantitative estimate of drug-likeness (QED) is 0.457. The highest BCUT2D eigenvalue weighted by molar-refractivity contribution is 5.58. The van der Waals surface area contributed by atoms with Gasteiger partial charge in [-0.2, -0.15) is 0 Å². The first-order valence-electron chi connectivity index (χ1n) is 11.9. The van der Waals surface area contributed by atoms with Crippen LogP contribution in [0.2, 0.25) is 0 Å². The number of aldehydes is 1. The zero-order valence-electron chi connectivity index (χ0n) is 20.9. The van der Waals surface area contributed by atoms with Crippen molar-refractivity contribution < 1.29 is 9.90 Å². The minimum absolute atomic E-state index is 0.0187. The van der Waals surface area contributed by atoms with Crippen LogP contribution in [0.25, 0.3) is 0 Å². The lowest BCUT2D eigenvalue weighted by Gasteiger charge is -2.31. The third-order valence-electron chi connectivity index (χ3n) is 6.48. The van der Waals surface area contributed by atoms with Crippen molar-refractivity contribution in [2.24, 2.45) is 11.8 Å². The van der Waals surface area contributed by atoms with Crippen molar-refractivity contribution in [2.75, 3.05) is 20.7 Å². The number of aliphatic hydroxyl groups is 1. The number of benzene rings is 2. The molecular formula is C28H44N2O2. The molecule has 178 valence electrons. The van der Waals surface area contributed by atoms with E-state index in [-0.39, 0.29) is 18.7 Å². The Morgan fingerprint density at radius 1 is 0.781 bits per heavy atom. The Hall–Kier alpha value is -2.01. The number of hydrogen-bond acceptors (Lipinski definition) is 4. The molecule has 0 fully saturated rings. The molecule has 1 N–H and O–H groups in total. The van der Waals surface area contributed by atoms with Crippen LogP contribution < -0.4 is 0 Å². The molecule has 0 saturated carbocycles. The number of carbonyl (C=O) groups is 1. The predicted molar refractivity (Wildman–Crippen MR) is 135 cm³/mol. The summed E-state index contributed by atoms with van der Waals surface area (Å²) in [5.74, 6) is 0.935. The van der Waals surface area contributed by atoms with Gasteiger partial charge in [-0.15, -0.1) is 0 Å². The molecule has 2 aromatic carbocycles. The summed E-state index contributed by atoms with van der Waals surface area (Å²) in [5.41, 5.74) is 2.55. The van der Waals surface area contributed by atoms with Gasteiger partial charge in [-0.05, 0) is 37.1 Å². The second kappa shape index (κ2) is 15.7. The molecule has 4 nitrogen and oxygen atoms in total. The van der Waals surface area contributed by atoms with Gasteiger partial charge in [0.25, 0.3) is 0 Å². The first kappa shape index (κ1) is 28.0. The second-order valence-electron chi connectivity index (χ2n) is 8.95. The maximum Gasteiger partial charge on any atom is 0.137 e.